The third-order valence-corrected chi connectivity index (χ3v) is 3.13. The first kappa shape index (κ1) is 16.0. The molecule has 0 fully saturated rings. The van der Waals surface area contributed by atoms with Crippen LogP contribution in [0.3, 0.4) is 0 Å². The number of carbonyl (C=O) groups excluding carboxylic acids is 2. The highest BCUT2D eigenvalue weighted by Gasteiger charge is 2.10. The highest BCUT2D eigenvalue weighted by molar-refractivity contribution is 5.95. The summed E-state index contributed by atoms with van der Waals surface area (Å²) in [5.41, 5.74) is 7.34. The van der Waals surface area contributed by atoms with E-state index in [-0.39, 0.29) is 18.1 Å². The Labute approximate surface area is 134 Å². The summed E-state index contributed by atoms with van der Waals surface area (Å²) in [5, 5.41) is 2.77. The summed E-state index contributed by atoms with van der Waals surface area (Å²) >= 11 is 0. The van der Waals surface area contributed by atoms with Gasteiger partial charge in [-0.3, -0.25) is 14.6 Å². The summed E-state index contributed by atoms with van der Waals surface area (Å²) in [7, 11) is 1.73. The van der Waals surface area contributed by atoms with Crippen molar-refractivity contribution in [1.82, 2.24) is 4.98 Å². The number of hydrogen-bond donors (Lipinski definition) is 2. The van der Waals surface area contributed by atoms with Gasteiger partial charge in [0.1, 0.15) is 5.69 Å². The van der Waals surface area contributed by atoms with Crippen LogP contribution >= 0.6 is 0 Å². The molecule has 1 heterocycles. The monoisotopic (exact) mass is 308 g/mol. The lowest BCUT2D eigenvalue weighted by molar-refractivity contribution is -0.114. The number of terminal acetylenes is 1. The van der Waals surface area contributed by atoms with Crippen molar-refractivity contribution in [2.75, 3.05) is 23.8 Å². The van der Waals surface area contributed by atoms with Crippen LogP contribution in [0.15, 0.2) is 42.6 Å². The molecule has 2 amide bonds. The van der Waals surface area contributed by atoms with Crippen LogP contribution in [0, 0.1) is 12.3 Å². The van der Waals surface area contributed by atoms with E-state index < -0.39 is 5.91 Å². The second-order valence-electron chi connectivity index (χ2n) is 4.89. The number of nitrogens with zero attached hydrogens (tertiary/aromatic N) is 2. The molecule has 6 heteroatoms. The zero-order valence-electron chi connectivity index (χ0n) is 12.6. The van der Waals surface area contributed by atoms with Gasteiger partial charge in [-0.1, -0.05) is 12.0 Å². The van der Waals surface area contributed by atoms with Crippen molar-refractivity contribution < 1.29 is 9.59 Å². The maximum Gasteiger partial charge on any atom is 0.267 e. The highest BCUT2D eigenvalue weighted by Crippen LogP contribution is 2.14. The van der Waals surface area contributed by atoms with Crippen molar-refractivity contribution in [2.45, 2.75) is 0 Å². The number of likely N-dealkylation sites (N-methyl/N-ethyl adjacent to an activating group) is 1. The summed E-state index contributed by atoms with van der Waals surface area (Å²) < 4.78 is 0. The van der Waals surface area contributed by atoms with Gasteiger partial charge >= 0.3 is 0 Å². The molecule has 0 aliphatic carbocycles. The van der Waals surface area contributed by atoms with Crippen LogP contribution in [0.5, 0.6) is 0 Å². The predicted molar refractivity (Wildman–Crippen MR) is 89.0 cm³/mol. The second-order valence-corrected chi connectivity index (χ2v) is 4.89. The Morgan fingerprint density at radius 3 is 2.83 bits per heavy atom. The van der Waals surface area contributed by atoms with Gasteiger partial charge in [-0.2, -0.15) is 0 Å². The van der Waals surface area contributed by atoms with Crippen molar-refractivity contribution in [3.05, 3.63) is 53.9 Å². The lowest BCUT2D eigenvalue weighted by atomic mass is 10.2. The molecule has 2 rings (SSSR count). The summed E-state index contributed by atoms with van der Waals surface area (Å²) in [5.74, 6) is 1.69. The van der Waals surface area contributed by atoms with Crippen LogP contribution < -0.4 is 16.0 Å². The van der Waals surface area contributed by atoms with Crippen LogP contribution in [0.2, 0.25) is 0 Å². The molecule has 0 spiro atoms. The Kier molecular flexibility index (Phi) is 4.95. The highest BCUT2D eigenvalue weighted by atomic mass is 16.2. The van der Waals surface area contributed by atoms with Gasteiger partial charge in [0.25, 0.3) is 5.91 Å². The average molecular weight is 308 g/mol. The van der Waals surface area contributed by atoms with E-state index in [1.807, 2.05) is 0 Å². The first-order valence-electron chi connectivity index (χ1n) is 6.83. The average Bonchev–Trinajstić information content (AvgIpc) is 2.55. The standard InChI is InChI=1S/C17H16N4O2/c1-3-12-5-4-6-13(9-12)20-16(22)11-21(2)14-7-8-19-15(10-14)17(18)23/h1,4-10H,11H2,2H3,(H2,18,23)(H,20,22). The molecule has 3 N–H and O–H groups in total. The first-order chi connectivity index (χ1) is 11.0. The van der Waals surface area contributed by atoms with Gasteiger partial charge < -0.3 is 16.0 Å². The van der Waals surface area contributed by atoms with Gasteiger partial charge in [0, 0.05) is 30.2 Å². The number of rotatable bonds is 5. The summed E-state index contributed by atoms with van der Waals surface area (Å²) in [6, 6.07) is 10.3. The minimum atomic E-state index is -0.615. The number of primary amides is 1. The Hall–Kier alpha value is -3.33. The predicted octanol–water partition coefficient (Wildman–Crippen LogP) is 1.24. The van der Waals surface area contributed by atoms with E-state index in [0.29, 0.717) is 16.9 Å². The number of carbonyl (C=O) groups is 2. The maximum absolute atomic E-state index is 12.1. The number of anilines is 2. The molecule has 0 saturated heterocycles. The topological polar surface area (TPSA) is 88.3 Å². The van der Waals surface area contributed by atoms with Crippen molar-refractivity contribution in [2.24, 2.45) is 5.73 Å². The third-order valence-electron chi connectivity index (χ3n) is 3.13. The lowest BCUT2D eigenvalue weighted by Gasteiger charge is -2.19. The van der Waals surface area contributed by atoms with E-state index in [9.17, 15) is 9.59 Å². The van der Waals surface area contributed by atoms with E-state index in [2.05, 4.69) is 16.2 Å². The molecule has 6 nitrogen and oxygen atoms in total. The molecule has 116 valence electrons. The number of benzene rings is 1. The molecule has 0 atom stereocenters. The fraction of sp³-hybridized carbons (Fsp3) is 0.118. The van der Waals surface area contributed by atoms with Crippen LogP contribution in [0.25, 0.3) is 0 Å². The van der Waals surface area contributed by atoms with Crippen LogP contribution in [-0.2, 0) is 4.79 Å². The quantitative estimate of drug-likeness (QED) is 0.813. The van der Waals surface area contributed by atoms with Crippen molar-refractivity contribution >= 4 is 23.2 Å². The Morgan fingerprint density at radius 2 is 2.13 bits per heavy atom. The van der Waals surface area contributed by atoms with Gasteiger partial charge in [0.15, 0.2) is 0 Å². The van der Waals surface area contributed by atoms with Crippen LogP contribution in [0.1, 0.15) is 16.1 Å². The van der Waals surface area contributed by atoms with E-state index in [4.69, 9.17) is 12.2 Å². The molecule has 0 aliphatic rings. The summed E-state index contributed by atoms with van der Waals surface area (Å²) in [4.78, 5) is 28.8. The van der Waals surface area contributed by atoms with E-state index >= 15 is 0 Å². The number of aromatic nitrogens is 1. The van der Waals surface area contributed by atoms with Crippen LogP contribution in [0.4, 0.5) is 11.4 Å². The normalized spacial score (nSPS) is 9.74. The number of nitrogens with one attached hydrogen (secondary N) is 1. The molecule has 0 aliphatic heterocycles. The fourth-order valence-corrected chi connectivity index (χ4v) is 1.99. The molecular weight excluding hydrogens is 292 g/mol. The maximum atomic E-state index is 12.1. The molecule has 0 radical (unpaired) electrons. The smallest absolute Gasteiger partial charge is 0.267 e. The molecule has 2 aromatic rings. The van der Waals surface area contributed by atoms with E-state index in [1.165, 1.54) is 12.3 Å². The second kappa shape index (κ2) is 7.09. The van der Waals surface area contributed by atoms with Gasteiger partial charge in [0.2, 0.25) is 5.91 Å². The Bertz CT molecular complexity index is 780. The minimum Gasteiger partial charge on any atom is -0.365 e. The fourth-order valence-electron chi connectivity index (χ4n) is 1.99. The Balaban J connectivity index is 2.03. The number of hydrogen-bond acceptors (Lipinski definition) is 4. The SMILES string of the molecule is C#Cc1cccc(NC(=O)CN(C)c2ccnc(C(N)=O)c2)c1. The van der Waals surface area contributed by atoms with Gasteiger partial charge in [-0.15, -0.1) is 6.42 Å². The lowest BCUT2D eigenvalue weighted by Crippen LogP contribution is -2.30. The molecule has 1 aromatic carbocycles. The van der Waals surface area contributed by atoms with Gasteiger partial charge in [-0.05, 0) is 30.3 Å². The summed E-state index contributed by atoms with van der Waals surface area (Å²) in [6.07, 6.45) is 6.80. The zero-order valence-corrected chi connectivity index (χ0v) is 12.6. The zero-order chi connectivity index (χ0) is 16.8. The van der Waals surface area contributed by atoms with Crippen LogP contribution in [-0.4, -0.2) is 30.4 Å². The van der Waals surface area contributed by atoms with Gasteiger partial charge in [-0.25, -0.2) is 0 Å². The summed E-state index contributed by atoms with van der Waals surface area (Å²) in [6.45, 7) is 0.0997. The van der Waals surface area contributed by atoms with E-state index in [0.717, 1.165) is 0 Å². The third kappa shape index (κ3) is 4.32. The number of amides is 2. The van der Waals surface area contributed by atoms with Crippen molar-refractivity contribution in [3.63, 3.8) is 0 Å². The molecule has 0 saturated carbocycles. The van der Waals surface area contributed by atoms with Crippen molar-refractivity contribution in [1.29, 1.82) is 0 Å². The molecule has 23 heavy (non-hydrogen) atoms. The molecule has 1 aromatic heterocycles. The largest absolute Gasteiger partial charge is 0.365 e. The van der Waals surface area contributed by atoms with Gasteiger partial charge in [0.05, 0.1) is 6.54 Å². The minimum absolute atomic E-state index is 0.0997. The van der Waals surface area contributed by atoms with Crippen molar-refractivity contribution in [3.8, 4) is 12.3 Å². The Morgan fingerprint density at radius 1 is 1.35 bits per heavy atom. The van der Waals surface area contributed by atoms with E-state index in [1.54, 1.807) is 42.3 Å². The first-order valence-corrected chi connectivity index (χ1v) is 6.83. The number of pyridine rings is 1. The molecular formula is C17H16N4O2. The molecule has 0 unspecified atom stereocenters. The number of nitrogens with two attached hydrogens (primary N) is 1. The molecule has 0 bridgehead atoms.